The Balaban J connectivity index is 2.61. The van der Waals surface area contributed by atoms with E-state index in [0.29, 0.717) is 17.2 Å². The molecule has 1 aromatic heterocycles. The monoisotopic (exact) mass is 286 g/mol. The quantitative estimate of drug-likeness (QED) is 0.707. The fraction of sp³-hybridized carbons (Fsp3) is 0.667. The van der Waals surface area contributed by atoms with Crippen LogP contribution in [0, 0.1) is 0 Å². The van der Waals surface area contributed by atoms with Crippen molar-refractivity contribution in [2.45, 2.75) is 20.8 Å². The lowest BCUT2D eigenvalue weighted by molar-refractivity contribution is 0.0529. The maximum Gasteiger partial charge on any atom is 0.344 e. The standard InChI is InChI=1S/C12H22N4O2S/c1-4-16(5-2)8-7-14-11-9(10(13)15-19-11)12(17)18-6-3/h14H,4-8H2,1-3H3,(H2,13,15). The van der Waals surface area contributed by atoms with Crippen molar-refractivity contribution < 1.29 is 9.53 Å². The third-order valence-corrected chi connectivity index (χ3v) is 3.63. The van der Waals surface area contributed by atoms with E-state index in [4.69, 9.17) is 10.5 Å². The van der Waals surface area contributed by atoms with E-state index in [1.165, 1.54) is 11.5 Å². The number of anilines is 2. The van der Waals surface area contributed by atoms with Gasteiger partial charge in [-0.25, -0.2) is 4.79 Å². The summed E-state index contributed by atoms with van der Waals surface area (Å²) in [6.07, 6.45) is 0. The van der Waals surface area contributed by atoms with Gasteiger partial charge in [0.05, 0.1) is 6.61 Å². The van der Waals surface area contributed by atoms with Gasteiger partial charge in [-0.05, 0) is 31.5 Å². The molecule has 0 aromatic carbocycles. The Hall–Kier alpha value is -1.34. The van der Waals surface area contributed by atoms with Crippen LogP contribution in [0.4, 0.5) is 10.8 Å². The summed E-state index contributed by atoms with van der Waals surface area (Å²) in [5, 5.41) is 3.89. The first kappa shape index (κ1) is 15.7. The molecule has 0 saturated heterocycles. The van der Waals surface area contributed by atoms with Crippen molar-refractivity contribution in [3.05, 3.63) is 5.56 Å². The molecule has 7 heteroatoms. The summed E-state index contributed by atoms with van der Waals surface area (Å²) in [6.45, 7) is 10.0. The molecule has 3 N–H and O–H groups in total. The number of nitrogens with zero attached hydrogens (tertiary/aromatic N) is 2. The Morgan fingerprint density at radius 1 is 1.42 bits per heavy atom. The number of likely N-dealkylation sites (N-methyl/N-ethyl adjacent to an activating group) is 1. The van der Waals surface area contributed by atoms with Crippen molar-refractivity contribution in [2.24, 2.45) is 0 Å². The van der Waals surface area contributed by atoms with Gasteiger partial charge in [-0.1, -0.05) is 13.8 Å². The van der Waals surface area contributed by atoms with Gasteiger partial charge in [0.25, 0.3) is 0 Å². The van der Waals surface area contributed by atoms with E-state index >= 15 is 0 Å². The molecule has 1 aromatic rings. The van der Waals surface area contributed by atoms with E-state index in [1.54, 1.807) is 6.92 Å². The lowest BCUT2D eigenvalue weighted by Gasteiger charge is -2.18. The first-order valence-electron chi connectivity index (χ1n) is 6.52. The molecule has 19 heavy (non-hydrogen) atoms. The topological polar surface area (TPSA) is 80.5 Å². The second-order valence-electron chi connectivity index (χ2n) is 3.95. The molecule has 0 saturated carbocycles. The molecular formula is C12H22N4O2S. The van der Waals surface area contributed by atoms with Gasteiger partial charge >= 0.3 is 5.97 Å². The number of nitrogens with two attached hydrogens (primary N) is 1. The van der Waals surface area contributed by atoms with Gasteiger partial charge in [-0.3, -0.25) is 0 Å². The van der Waals surface area contributed by atoms with Crippen molar-refractivity contribution in [2.75, 3.05) is 43.8 Å². The van der Waals surface area contributed by atoms with E-state index in [0.717, 1.165) is 26.2 Å². The Kier molecular flexibility index (Phi) is 6.58. The van der Waals surface area contributed by atoms with E-state index in [1.807, 2.05) is 0 Å². The van der Waals surface area contributed by atoms with Crippen LogP contribution >= 0.6 is 11.5 Å². The minimum atomic E-state index is -0.418. The number of hydrogen-bond donors (Lipinski definition) is 2. The van der Waals surface area contributed by atoms with Crippen molar-refractivity contribution >= 4 is 28.3 Å². The number of esters is 1. The largest absolute Gasteiger partial charge is 0.462 e. The molecule has 1 rings (SSSR count). The van der Waals surface area contributed by atoms with Gasteiger partial charge in [0.2, 0.25) is 0 Å². The average Bonchev–Trinajstić information content (AvgIpc) is 2.76. The van der Waals surface area contributed by atoms with E-state index in [-0.39, 0.29) is 5.82 Å². The molecule has 1 heterocycles. The van der Waals surface area contributed by atoms with Crippen LogP contribution in [0.1, 0.15) is 31.1 Å². The number of carbonyl (C=O) groups is 1. The molecule has 0 spiro atoms. The number of nitrogens with one attached hydrogen (secondary N) is 1. The lowest BCUT2D eigenvalue weighted by Crippen LogP contribution is -2.28. The van der Waals surface area contributed by atoms with Crippen molar-refractivity contribution in [3.63, 3.8) is 0 Å². The summed E-state index contributed by atoms with van der Waals surface area (Å²) >= 11 is 1.19. The van der Waals surface area contributed by atoms with Gasteiger partial charge in [0.15, 0.2) is 5.82 Å². The summed E-state index contributed by atoms with van der Waals surface area (Å²) in [5.41, 5.74) is 6.06. The molecule has 0 aliphatic rings. The van der Waals surface area contributed by atoms with Gasteiger partial charge in [0.1, 0.15) is 10.6 Å². The SMILES string of the molecule is CCOC(=O)c1c(N)nsc1NCCN(CC)CC. The molecule has 0 atom stereocenters. The molecule has 0 aliphatic heterocycles. The highest BCUT2D eigenvalue weighted by Crippen LogP contribution is 2.27. The zero-order valence-corrected chi connectivity index (χ0v) is 12.5. The first-order valence-corrected chi connectivity index (χ1v) is 7.29. The minimum absolute atomic E-state index is 0.230. The highest BCUT2D eigenvalue weighted by atomic mass is 32.1. The fourth-order valence-electron chi connectivity index (χ4n) is 1.69. The van der Waals surface area contributed by atoms with E-state index < -0.39 is 5.97 Å². The van der Waals surface area contributed by atoms with Crippen LogP contribution in [0.2, 0.25) is 0 Å². The van der Waals surface area contributed by atoms with Crippen LogP contribution in [-0.4, -0.2) is 48.0 Å². The van der Waals surface area contributed by atoms with Crippen LogP contribution in [0.15, 0.2) is 0 Å². The Morgan fingerprint density at radius 3 is 2.68 bits per heavy atom. The third-order valence-electron chi connectivity index (χ3n) is 2.81. The van der Waals surface area contributed by atoms with Gasteiger partial charge in [0, 0.05) is 13.1 Å². The fourth-order valence-corrected chi connectivity index (χ4v) is 2.42. The van der Waals surface area contributed by atoms with E-state index in [9.17, 15) is 4.79 Å². The lowest BCUT2D eigenvalue weighted by atomic mass is 10.3. The first-order chi connectivity index (χ1) is 9.13. The Morgan fingerprint density at radius 2 is 2.11 bits per heavy atom. The van der Waals surface area contributed by atoms with Gasteiger partial charge in [-0.2, -0.15) is 4.37 Å². The predicted molar refractivity (Wildman–Crippen MR) is 78.8 cm³/mol. The van der Waals surface area contributed by atoms with Crippen LogP contribution in [-0.2, 0) is 4.74 Å². The minimum Gasteiger partial charge on any atom is -0.462 e. The molecule has 0 radical (unpaired) electrons. The number of hydrogen-bond acceptors (Lipinski definition) is 7. The Bertz CT molecular complexity index is 404. The van der Waals surface area contributed by atoms with E-state index in [2.05, 4.69) is 28.4 Å². The summed E-state index contributed by atoms with van der Waals surface area (Å²) in [5.74, 6) is -0.187. The maximum absolute atomic E-state index is 11.8. The van der Waals surface area contributed by atoms with Crippen molar-refractivity contribution in [1.29, 1.82) is 0 Å². The number of ether oxygens (including phenoxy) is 1. The molecule has 0 aliphatic carbocycles. The third kappa shape index (κ3) is 4.36. The zero-order chi connectivity index (χ0) is 14.3. The highest BCUT2D eigenvalue weighted by molar-refractivity contribution is 7.11. The summed E-state index contributed by atoms with van der Waals surface area (Å²) < 4.78 is 8.98. The second kappa shape index (κ2) is 7.96. The molecule has 0 unspecified atom stereocenters. The van der Waals surface area contributed by atoms with Crippen LogP contribution in [0.25, 0.3) is 0 Å². The molecule has 108 valence electrons. The van der Waals surface area contributed by atoms with Crippen LogP contribution < -0.4 is 11.1 Å². The van der Waals surface area contributed by atoms with Crippen LogP contribution in [0.5, 0.6) is 0 Å². The highest BCUT2D eigenvalue weighted by Gasteiger charge is 2.20. The molecule has 6 nitrogen and oxygen atoms in total. The smallest absolute Gasteiger partial charge is 0.344 e. The zero-order valence-electron chi connectivity index (χ0n) is 11.7. The summed E-state index contributed by atoms with van der Waals surface area (Å²) in [6, 6.07) is 0. The normalized spacial score (nSPS) is 10.7. The number of nitrogen functional groups attached to an aromatic ring is 1. The molecule has 0 amide bonds. The van der Waals surface area contributed by atoms with Gasteiger partial charge in [-0.15, -0.1) is 0 Å². The maximum atomic E-state index is 11.8. The van der Waals surface area contributed by atoms with Crippen LogP contribution in [0.3, 0.4) is 0 Å². The Labute approximate surface area is 118 Å². The van der Waals surface area contributed by atoms with Crippen molar-refractivity contribution in [1.82, 2.24) is 9.27 Å². The molecule has 0 fully saturated rings. The van der Waals surface area contributed by atoms with Crippen molar-refractivity contribution in [3.8, 4) is 0 Å². The summed E-state index contributed by atoms with van der Waals surface area (Å²) in [4.78, 5) is 14.1. The summed E-state index contributed by atoms with van der Waals surface area (Å²) in [7, 11) is 0. The van der Waals surface area contributed by atoms with Gasteiger partial charge < -0.3 is 20.7 Å². The second-order valence-corrected chi connectivity index (χ2v) is 4.72. The predicted octanol–water partition coefficient (Wildman–Crippen LogP) is 1.66. The number of carbonyl (C=O) groups excluding carboxylic acids is 1. The number of rotatable bonds is 8. The number of aromatic nitrogens is 1. The molecular weight excluding hydrogens is 264 g/mol. The average molecular weight is 286 g/mol. The molecule has 0 bridgehead atoms.